The predicted molar refractivity (Wildman–Crippen MR) is 68.0 cm³/mol. The van der Waals surface area contributed by atoms with Gasteiger partial charge in [0.25, 0.3) is 5.91 Å². The van der Waals surface area contributed by atoms with Crippen molar-refractivity contribution < 1.29 is 4.79 Å². The van der Waals surface area contributed by atoms with Crippen molar-refractivity contribution in [3.8, 4) is 11.3 Å². The normalized spacial score (nSPS) is 10.1. The van der Waals surface area contributed by atoms with Crippen LogP contribution in [0.4, 0.5) is 0 Å². The Hall–Kier alpha value is -2.30. The van der Waals surface area contributed by atoms with E-state index in [2.05, 4.69) is 20.5 Å². The molecule has 0 saturated heterocycles. The van der Waals surface area contributed by atoms with Crippen molar-refractivity contribution in [2.45, 2.75) is 13.8 Å². The Morgan fingerprint density at radius 2 is 2.22 bits per heavy atom. The number of aromatic nitrogens is 3. The van der Waals surface area contributed by atoms with Crippen LogP contribution in [0.25, 0.3) is 11.3 Å². The Kier molecular flexibility index (Phi) is 3.62. The van der Waals surface area contributed by atoms with E-state index in [0.717, 1.165) is 5.56 Å². The Labute approximate surface area is 105 Å². The summed E-state index contributed by atoms with van der Waals surface area (Å²) in [6, 6.07) is 5.45. The first kappa shape index (κ1) is 12.2. The minimum absolute atomic E-state index is 0.130. The minimum atomic E-state index is -0.130. The molecule has 0 spiro atoms. The lowest BCUT2D eigenvalue weighted by Crippen LogP contribution is -2.24. The maximum absolute atomic E-state index is 11.9. The second kappa shape index (κ2) is 5.35. The zero-order valence-corrected chi connectivity index (χ0v) is 10.3. The van der Waals surface area contributed by atoms with Crippen molar-refractivity contribution in [3.05, 3.63) is 41.9 Å². The predicted octanol–water partition coefficient (Wildman–Crippen LogP) is 1.60. The van der Waals surface area contributed by atoms with E-state index in [4.69, 9.17) is 0 Å². The lowest BCUT2D eigenvalue weighted by Gasteiger charge is -2.06. The molecule has 2 rings (SSSR count). The first-order chi connectivity index (χ1) is 8.72. The van der Waals surface area contributed by atoms with Gasteiger partial charge in [0.1, 0.15) is 0 Å². The van der Waals surface area contributed by atoms with Gasteiger partial charge in [-0.05, 0) is 32.0 Å². The Morgan fingerprint density at radius 3 is 2.89 bits per heavy atom. The fourth-order valence-electron chi connectivity index (χ4n) is 1.59. The van der Waals surface area contributed by atoms with E-state index in [1.54, 1.807) is 25.4 Å². The van der Waals surface area contributed by atoms with Crippen LogP contribution in [-0.2, 0) is 0 Å². The fourth-order valence-corrected chi connectivity index (χ4v) is 1.59. The largest absolute Gasteiger partial charge is 0.352 e. The molecular formula is C13H14N4O. The van der Waals surface area contributed by atoms with E-state index < -0.39 is 0 Å². The Bertz CT molecular complexity index is 554. The van der Waals surface area contributed by atoms with Crippen LogP contribution in [0.1, 0.15) is 23.0 Å². The van der Waals surface area contributed by atoms with Gasteiger partial charge in [-0.3, -0.25) is 9.78 Å². The molecule has 5 heteroatoms. The number of rotatable bonds is 3. The van der Waals surface area contributed by atoms with Crippen molar-refractivity contribution >= 4 is 5.91 Å². The summed E-state index contributed by atoms with van der Waals surface area (Å²) in [4.78, 5) is 15.9. The van der Waals surface area contributed by atoms with Crippen LogP contribution in [0.5, 0.6) is 0 Å². The van der Waals surface area contributed by atoms with Gasteiger partial charge in [-0.1, -0.05) is 0 Å². The molecule has 5 nitrogen and oxygen atoms in total. The van der Waals surface area contributed by atoms with Gasteiger partial charge in [-0.25, -0.2) is 0 Å². The Balaban J connectivity index is 2.41. The molecule has 0 radical (unpaired) electrons. The summed E-state index contributed by atoms with van der Waals surface area (Å²) >= 11 is 0. The highest BCUT2D eigenvalue weighted by Gasteiger charge is 2.12. The second-order valence-corrected chi connectivity index (χ2v) is 3.83. The number of pyridine rings is 1. The molecule has 18 heavy (non-hydrogen) atoms. The van der Waals surface area contributed by atoms with Crippen LogP contribution in [-0.4, -0.2) is 27.6 Å². The van der Waals surface area contributed by atoms with E-state index in [9.17, 15) is 4.79 Å². The fraction of sp³-hybridized carbons (Fsp3) is 0.231. The zero-order valence-electron chi connectivity index (χ0n) is 10.3. The monoisotopic (exact) mass is 242 g/mol. The summed E-state index contributed by atoms with van der Waals surface area (Å²) in [5.41, 5.74) is 2.66. The first-order valence-electron chi connectivity index (χ1n) is 5.75. The number of amides is 1. The third-order valence-electron chi connectivity index (χ3n) is 2.52. The minimum Gasteiger partial charge on any atom is -0.352 e. The molecule has 0 aromatic carbocycles. The molecule has 2 heterocycles. The highest BCUT2D eigenvalue weighted by atomic mass is 16.1. The topological polar surface area (TPSA) is 67.8 Å². The van der Waals surface area contributed by atoms with Crippen LogP contribution in [0, 0.1) is 6.92 Å². The maximum Gasteiger partial charge on any atom is 0.253 e. The molecule has 0 fully saturated rings. The highest BCUT2D eigenvalue weighted by Crippen LogP contribution is 2.17. The van der Waals surface area contributed by atoms with Crippen molar-refractivity contribution in [3.63, 3.8) is 0 Å². The highest BCUT2D eigenvalue weighted by molar-refractivity contribution is 5.95. The molecule has 1 N–H and O–H groups in total. The summed E-state index contributed by atoms with van der Waals surface area (Å²) in [5.74, 6) is -0.130. The Morgan fingerprint density at radius 1 is 1.39 bits per heavy atom. The summed E-state index contributed by atoms with van der Waals surface area (Å²) in [6.07, 6.45) is 3.39. The third-order valence-corrected chi connectivity index (χ3v) is 2.52. The lowest BCUT2D eigenvalue weighted by atomic mass is 10.1. The van der Waals surface area contributed by atoms with Crippen molar-refractivity contribution in [1.82, 2.24) is 20.5 Å². The average Bonchev–Trinajstić information content (AvgIpc) is 2.40. The SMILES string of the molecule is CCNC(=O)c1cc(-c2cccnc2)nnc1C. The summed E-state index contributed by atoms with van der Waals surface area (Å²) in [6.45, 7) is 4.23. The molecule has 92 valence electrons. The van der Waals surface area contributed by atoms with E-state index in [0.29, 0.717) is 23.5 Å². The molecule has 0 bridgehead atoms. The number of hydrogen-bond donors (Lipinski definition) is 1. The van der Waals surface area contributed by atoms with Gasteiger partial charge in [0.15, 0.2) is 0 Å². The van der Waals surface area contributed by atoms with E-state index in [-0.39, 0.29) is 5.91 Å². The molecule has 0 atom stereocenters. The molecule has 0 aliphatic rings. The van der Waals surface area contributed by atoms with E-state index in [1.807, 2.05) is 19.1 Å². The molecule has 0 aliphatic heterocycles. The number of nitrogens with one attached hydrogen (secondary N) is 1. The lowest BCUT2D eigenvalue weighted by molar-refractivity contribution is 0.0954. The van der Waals surface area contributed by atoms with Crippen molar-refractivity contribution in [2.75, 3.05) is 6.54 Å². The zero-order chi connectivity index (χ0) is 13.0. The molecular weight excluding hydrogens is 228 g/mol. The van der Waals surface area contributed by atoms with E-state index >= 15 is 0 Å². The number of hydrogen-bond acceptors (Lipinski definition) is 4. The quantitative estimate of drug-likeness (QED) is 0.887. The summed E-state index contributed by atoms with van der Waals surface area (Å²) in [5, 5.41) is 10.9. The van der Waals surface area contributed by atoms with Crippen molar-refractivity contribution in [1.29, 1.82) is 0 Å². The van der Waals surface area contributed by atoms with Gasteiger partial charge in [-0.15, -0.1) is 0 Å². The molecule has 2 aromatic rings. The maximum atomic E-state index is 11.9. The molecule has 1 amide bonds. The van der Waals surface area contributed by atoms with Crippen LogP contribution in [0.3, 0.4) is 0 Å². The van der Waals surface area contributed by atoms with Crippen LogP contribution < -0.4 is 5.32 Å². The second-order valence-electron chi connectivity index (χ2n) is 3.83. The van der Waals surface area contributed by atoms with Crippen LogP contribution >= 0.6 is 0 Å². The van der Waals surface area contributed by atoms with Crippen LogP contribution in [0.15, 0.2) is 30.6 Å². The van der Waals surface area contributed by atoms with Gasteiger partial charge < -0.3 is 5.32 Å². The van der Waals surface area contributed by atoms with Gasteiger partial charge >= 0.3 is 0 Å². The van der Waals surface area contributed by atoms with Gasteiger partial charge in [-0.2, -0.15) is 10.2 Å². The first-order valence-corrected chi connectivity index (χ1v) is 5.75. The van der Waals surface area contributed by atoms with Crippen LogP contribution in [0.2, 0.25) is 0 Å². The number of nitrogens with zero attached hydrogens (tertiary/aromatic N) is 3. The third kappa shape index (κ3) is 2.51. The molecule has 0 unspecified atom stereocenters. The molecule has 0 saturated carbocycles. The number of aryl methyl sites for hydroxylation is 1. The standard InChI is InChI=1S/C13H14N4O/c1-3-15-13(18)11-7-12(17-16-9(11)2)10-5-4-6-14-8-10/h4-8H,3H2,1-2H3,(H,15,18). The smallest absolute Gasteiger partial charge is 0.253 e. The number of carbonyl (C=O) groups excluding carboxylic acids is 1. The summed E-state index contributed by atoms with van der Waals surface area (Å²) in [7, 11) is 0. The molecule has 0 aliphatic carbocycles. The van der Waals surface area contributed by atoms with Crippen molar-refractivity contribution in [2.24, 2.45) is 0 Å². The van der Waals surface area contributed by atoms with Gasteiger partial charge in [0.2, 0.25) is 0 Å². The molecule has 2 aromatic heterocycles. The van der Waals surface area contributed by atoms with Gasteiger partial charge in [0, 0.05) is 24.5 Å². The summed E-state index contributed by atoms with van der Waals surface area (Å²) < 4.78 is 0. The number of carbonyl (C=O) groups is 1. The van der Waals surface area contributed by atoms with E-state index in [1.165, 1.54) is 0 Å². The van der Waals surface area contributed by atoms with Gasteiger partial charge in [0.05, 0.1) is 17.0 Å². The average molecular weight is 242 g/mol.